The second-order valence-electron chi connectivity index (χ2n) is 12.1. The maximum Gasteiger partial charge on any atom is 0.0640 e. The minimum atomic E-state index is 1.12. The van der Waals surface area contributed by atoms with E-state index in [4.69, 9.17) is 0 Å². The Balaban J connectivity index is 1.31. The number of para-hydroxylation sites is 1. The minimum Gasteiger partial charge on any atom is -0.308 e. The summed E-state index contributed by atoms with van der Waals surface area (Å²) in [6, 6.07) is 68.0. The molecule has 0 fully saturated rings. The highest BCUT2D eigenvalue weighted by Crippen LogP contribution is 2.49. The average Bonchev–Trinajstić information content (AvgIpc) is 3.56. The molecular weight excluding hydrogens is 599 g/mol. The standard InChI is InChI=1S/C46H31NS/c1-4-15-32(16-5-1)33-27-29-36(30-28-33)47(43-25-13-12-21-37(43)34-17-6-2-7-18-34)44-26-14-24-40-42-31-41(35-19-8-3-9-20-35)38-22-10-11-23-39(38)45(42)48-46(40)44/h1-31H. The van der Waals surface area contributed by atoms with Crippen LogP contribution in [0.3, 0.4) is 0 Å². The van der Waals surface area contributed by atoms with E-state index in [-0.39, 0.29) is 0 Å². The fourth-order valence-corrected chi connectivity index (χ4v) is 8.33. The summed E-state index contributed by atoms with van der Waals surface area (Å²) < 4.78 is 2.60. The molecule has 0 spiro atoms. The van der Waals surface area contributed by atoms with E-state index in [0.29, 0.717) is 0 Å². The van der Waals surface area contributed by atoms with E-state index in [2.05, 4.69) is 193 Å². The highest BCUT2D eigenvalue weighted by molar-refractivity contribution is 7.27. The Labute approximate surface area is 284 Å². The fraction of sp³-hybridized carbons (Fsp3) is 0. The molecule has 0 atom stereocenters. The summed E-state index contributed by atoms with van der Waals surface area (Å²) in [5.41, 5.74) is 10.8. The number of hydrogen-bond donors (Lipinski definition) is 0. The third-order valence-corrected chi connectivity index (χ3v) is 10.5. The predicted molar refractivity (Wildman–Crippen MR) is 208 cm³/mol. The molecule has 0 amide bonds. The van der Waals surface area contributed by atoms with Gasteiger partial charge in [0, 0.05) is 32.1 Å². The lowest BCUT2D eigenvalue weighted by molar-refractivity contribution is 1.30. The van der Waals surface area contributed by atoms with E-state index >= 15 is 0 Å². The van der Waals surface area contributed by atoms with E-state index in [0.717, 1.165) is 11.4 Å². The summed E-state index contributed by atoms with van der Waals surface area (Å²) in [5.74, 6) is 0. The second-order valence-corrected chi connectivity index (χ2v) is 13.1. The number of rotatable bonds is 6. The van der Waals surface area contributed by atoms with Crippen molar-refractivity contribution in [3.8, 4) is 33.4 Å². The summed E-state index contributed by atoms with van der Waals surface area (Å²) >= 11 is 1.90. The topological polar surface area (TPSA) is 3.24 Å². The van der Waals surface area contributed by atoms with Crippen molar-refractivity contribution in [3.63, 3.8) is 0 Å². The lowest BCUT2D eigenvalue weighted by Gasteiger charge is -2.28. The lowest BCUT2D eigenvalue weighted by Crippen LogP contribution is -2.11. The summed E-state index contributed by atoms with van der Waals surface area (Å²) in [7, 11) is 0. The lowest BCUT2D eigenvalue weighted by atomic mass is 9.95. The number of nitrogens with zero attached hydrogens (tertiary/aromatic N) is 1. The number of fused-ring (bicyclic) bond motifs is 5. The Morgan fingerprint density at radius 3 is 1.52 bits per heavy atom. The van der Waals surface area contributed by atoms with Crippen molar-refractivity contribution >= 4 is 59.3 Å². The molecule has 0 N–H and O–H groups in total. The van der Waals surface area contributed by atoms with Crippen LogP contribution in [0.25, 0.3) is 64.3 Å². The van der Waals surface area contributed by atoms with Crippen LogP contribution < -0.4 is 4.90 Å². The van der Waals surface area contributed by atoms with Gasteiger partial charge in [0.25, 0.3) is 0 Å². The molecule has 8 aromatic carbocycles. The summed E-state index contributed by atoms with van der Waals surface area (Å²) in [4.78, 5) is 2.45. The van der Waals surface area contributed by atoms with Gasteiger partial charge in [0.2, 0.25) is 0 Å². The van der Waals surface area contributed by atoms with Crippen molar-refractivity contribution in [2.45, 2.75) is 0 Å². The van der Waals surface area contributed by atoms with Gasteiger partial charge in [-0.05, 0) is 63.5 Å². The SMILES string of the molecule is c1ccc(-c2ccc(N(c3ccccc3-c3ccccc3)c3cccc4c3sc3c5ccccc5c(-c5ccccc5)cc43)cc2)cc1. The van der Waals surface area contributed by atoms with Crippen molar-refractivity contribution in [1.29, 1.82) is 0 Å². The molecule has 0 saturated carbocycles. The number of benzene rings is 8. The largest absolute Gasteiger partial charge is 0.308 e. The Morgan fingerprint density at radius 2 is 0.812 bits per heavy atom. The van der Waals surface area contributed by atoms with Crippen LogP contribution in [0.1, 0.15) is 0 Å². The van der Waals surface area contributed by atoms with Crippen molar-refractivity contribution in [1.82, 2.24) is 0 Å². The Hall–Kier alpha value is -5.96. The zero-order chi connectivity index (χ0) is 31.9. The molecule has 0 saturated heterocycles. The molecule has 226 valence electrons. The summed E-state index contributed by atoms with van der Waals surface area (Å²) in [5, 5.41) is 5.15. The van der Waals surface area contributed by atoms with Crippen LogP contribution in [0.4, 0.5) is 17.1 Å². The van der Waals surface area contributed by atoms with Crippen molar-refractivity contribution in [2.24, 2.45) is 0 Å². The van der Waals surface area contributed by atoms with Gasteiger partial charge in [-0.15, -0.1) is 11.3 Å². The Bertz CT molecular complexity index is 2530. The molecule has 1 heterocycles. The van der Waals surface area contributed by atoms with Gasteiger partial charge in [0.15, 0.2) is 0 Å². The van der Waals surface area contributed by atoms with Gasteiger partial charge in [-0.2, -0.15) is 0 Å². The Morgan fingerprint density at radius 1 is 0.312 bits per heavy atom. The van der Waals surface area contributed by atoms with Crippen LogP contribution in [0.15, 0.2) is 188 Å². The molecule has 0 aliphatic rings. The quantitative estimate of drug-likeness (QED) is 0.177. The fourth-order valence-electron chi connectivity index (χ4n) is 7.01. The highest BCUT2D eigenvalue weighted by atomic mass is 32.1. The van der Waals surface area contributed by atoms with Gasteiger partial charge < -0.3 is 4.90 Å². The molecule has 0 unspecified atom stereocenters. The third-order valence-electron chi connectivity index (χ3n) is 9.27. The molecule has 48 heavy (non-hydrogen) atoms. The van der Waals surface area contributed by atoms with Gasteiger partial charge >= 0.3 is 0 Å². The minimum absolute atomic E-state index is 1.12. The van der Waals surface area contributed by atoms with Gasteiger partial charge in [0.05, 0.1) is 16.1 Å². The molecule has 9 rings (SSSR count). The van der Waals surface area contributed by atoms with Gasteiger partial charge in [-0.1, -0.05) is 158 Å². The van der Waals surface area contributed by atoms with Gasteiger partial charge in [0.1, 0.15) is 0 Å². The zero-order valence-corrected chi connectivity index (χ0v) is 27.1. The van der Waals surface area contributed by atoms with Crippen LogP contribution >= 0.6 is 11.3 Å². The summed E-state index contributed by atoms with van der Waals surface area (Å²) in [6.45, 7) is 0. The van der Waals surface area contributed by atoms with E-state index in [9.17, 15) is 0 Å². The van der Waals surface area contributed by atoms with E-state index < -0.39 is 0 Å². The van der Waals surface area contributed by atoms with Crippen LogP contribution in [0, 0.1) is 0 Å². The molecular formula is C46H31NS. The molecule has 0 bridgehead atoms. The first-order valence-electron chi connectivity index (χ1n) is 16.4. The molecule has 0 radical (unpaired) electrons. The first-order chi connectivity index (χ1) is 23.8. The number of hydrogen-bond acceptors (Lipinski definition) is 2. The molecule has 0 aliphatic carbocycles. The monoisotopic (exact) mass is 629 g/mol. The maximum atomic E-state index is 2.45. The van der Waals surface area contributed by atoms with Crippen molar-refractivity contribution in [2.75, 3.05) is 4.90 Å². The average molecular weight is 630 g/mol. The molecule has 0 aliphatic heterocycles. The molecule has 1 aromatic heterocycles. The number of anilines is 3. The van der Waals surface area contributed by atoms with E-state index in [1.54, 1.807) is 0 Å². The molecule has 2 heteroatoms. The smallest absolute Gasteiger partial charge is 0.0640 e. The predicted octanol–water partition coefficient (Wildman–Crippen LogP) is 13.7. The molecule has 9 aromatic rings. The van der Waals surface area contributed by atoms with Crippen molar-refractivity contribution in [3.05, 3.63) is 188 Å². The summed E-state index contributed by atoms with van der Waals surface area (Å²) in [6.07, 6.45) is 0. The Kier molecular flexibility index (Phi) is 7.07. The zero-order valence-electron chi connectivity index (χ0n) is 26.3. The maximum absolute atomic E-state index is 2.45. The van der Waals surface area contributed by atoms with E-state index in [1.165, 1.54) is 70.0 Å². The van der Waals surface area contributed by atoms with E-state index in [1.807, 2.05) is 11.3 Å². The highest BCUT2D eigenvalue weighted by Gasteiger charge is 2.22. The first-order valence-corrected chi connectivity index (χ1v) is 17.2. The van der Waals surface area contributed by atoms with Gasteiger partial charge in [-0.3, -0.25) is 0 Å². The molecule has 1 nitrogen and oxygen atoms in total. The number of thiophene rings is 1. The van der Waals surface area contributed by atoms with Crippen LogP contribution in [0.2, 0.25) is 0 Å². The van der Waals surface area contributed by atoms with Gasteiger partial charge in [-0.25, -0.2) is 0 Å². The van der Waals surface area contributed by atoms with Crippen molar-refractivity contribution < 1.29 is 0 Å². The van der Waals surface area contributed by atoms with Crippen LogP contribution in [-0.4, -0.2) is 0 Å². The normalized spacial score (nSPS) is 11.3. The van der Waals surface area contributed by atoms with Crippen LogP contribution in [-0.2, 0) is 0 Å². The second kappa shape index (κ2) is 12.0. The third kappa shape index (κ3) is 4.86. The van der Waals surface area contributed by atoms with Crippen LogP contribution in [0.5, 0.6) is 0 Å². The first kappa shape index (κ1) is 28.3.